The van der Waals surface area contributed by atoms with Gasteiger partial charge in [-0.2, -0.15) is 0 Å². The summed E-state index contributed by atoms with van der Waals surface area (Å²) < 4.78 is 27.6. The van der Waals surface area contributed by atoms with Gasteiger partial charge in [0.15, 0.2) is 0 Å². The van der Waals surface area contributed by atoms with Crippen LogP contribution in [0.25, 0.3) is 0 Å². The average molecular weight is 333 g/mol. The van der Waals surface area contributed by atoms with E-state index in [0.717, 1.165) is 4.47 Å². The lowest BCUT2D eigenvalue weighted by Gasteiger charge is -2.13. The normalized spacial score (nSPS) is 17.7. The number of sulfonamides is 1. The van der Waals surface area contributed by atoms with Crippen LogP contribution in [0.3, 0.4) is 0 Å². The highest BCUT2D eigenvalue weighted by Crippen LogP contribution is 2.36. The van der Waals surface area contributed by atoms with Gasteiger partial charge in [0.05, 0.1) is 5.69 Å². The van der Waals surface area contributed by atoms with Crippen molar-refractivity contribution in [3.05, 3.63) is 22.7 Å². The molecule has 1 aromatic carbocycles. The summed E-state index contributed by atoms with van der Waals surface area (Å²) in [5.41, 5.74) is 6.00. The maximum Gasteiger partial charge on any atom is 0.242 e. The van der Waals surface area contributed by atoms with Crippen LogP contribution in [0.4, 0.5) is 5.69 Å². The van der Waals surface area contributed by atoms with Crippen molar-refractivity contribution in [3.8, 4) is 0 Å². The fourth-order valence-corrected chi connectivity index (χ4v) is 3.55. The van der Waals surface area contributed by atoms with Gasteiger partial charge in [-0.1, -0.05) is 22.9 Å². The summed E-state index contributed by atoms with van der Waals surface area (Å²) in [6, 6.07) is 4.79. The summed E-state index contributed by atoms with van der Waals surface area (Å²) >= 11 is 3.26. The lowest BCUT2D eigenvalue weighted by Crippen LogP contribution is -2.29. The number of benzene rings is 1. The second kappa shape index (κ2) is 5.19. The number of anilines is 1. The van der Waals surface area contributed by atoms with Crippen molar-refractivity contribution in [1.29, 1.82) is 0 Å². The molecule has 0 aliphatic heterocycles. The van der Waals surface area contributed by atoms with Crippen molar-refractivity contribution in [1.82, 2.24) is 4.72 Å². The van der Waals surface area contributed by atoms with Crippen molar-refractivity contribution < 1.29 is 8.42 Å². The standard InChI is InChI=1S/C12H17BrN2O2S/c1-8(9-2-3-9)7-15-18(16,17)12-5-4-10(13)6-11(12)14/h4-6,8-9,15H,2-3,7,14H2,1H3. The van der Waals surface area contributed by atoms with Crippen molar-refractivity contribution in [2.24, 2.45) is 11.8 Å². The number of hydrogen-bond donors (Lipinski definition) is 2. The van der Waals surface area contributed by atoms with Crippen molar-refractivity contribution >= 4 is 31.6 Å². The highest BCUT2D eigenvalue weighted by molar-refractivity contribution is 9.10. The van der Waals surface area contributed by atoms with Crippen LogP contribution in [0.5, 0.6) is 0 Å². The summed E-state index contributed by atoms with van der Waals surface area (Å²) in [5.74, 6) is 1.06. The van der Waals surface area contributed by atoms with Crippen LogP contribution < -0.4 is 10.5 Å². The molecule has 2 rings (SSSR count). The Morgan fingerprint density at radius 3 is 2.72 bits per heavy atom. The summed E-state index contributed by atoms with van der Waals surface area (Å²) in [4.78, 5) is 0.147. The number of nitrogens with one attached hydrogen (secondary N) is 1. The Morgan fingerprint density at radius 2 is 2.17 bits per heavy atom. The molecule has 6 heteroatoms. The minimum absolute atomic E-state index is 0.147. The summed E-state index contributed by atoms with van der Waals surface area (Å²) in [6.07, 6.45) is 2.42. The average Bonchev–Trinajstić information content (AvgIpc) is 3.09. The van der Waals surface area contributed by atoms with Gasteiger partial charge in [-0.25, -0.2) is 13.1 Å². The Morgan fingerprint density at radius 1 is 1.50 bits per heavy atom. The molecule has 0 saturated heterocycles. The predicted octanol–water partition coefficient (Wildman–Crippen LogP) is 2.36. The summed E-state index contributed by atoms with van der Waals surface area (Å²) in [5, 5.41) is 0. The van der Waals surface area contributed by atoms with Crippen LogP contribution in [-0.2, 0) is 10.0 Å². The maximum absolute atomic E-state index is 12.1. The van der Waals surface area contributed by atoms with Gasteiger partial charge in [-0.3, -0.25) is 0 Å². The Labute approximate surface area is 116 Å². The molecule has 1 saturated carbocycles. The number of rotatable bonds is 5. The van der Waals surface area contributed by atoms with Gasteiger partial charge in [-0.15, -0.1) is 0 Å². The monoisotopic (exact) mass is 332 g/mol. The van der Waals surface area contributed by atoms with Crippen molar-refractivity contribution in [2.75, 3.05) is 12.3 Å². The molecule has 1 aliphatic rings. The largest absolute Gasteiger partial charge is 0.398 e. The molecule has 0 heterocycles. The quantitative estimate of drug-likeness (QED) is 0.813. The first-order valence-corrected chi connectivity index (χ1v) is 8.22. The van der Waals surface area contributed by atoms with Crippen LogP contribution in [-0.4, -0.2) is 15.0 Å². The number of halogens is 1. The molecule has 4 nitrogen and oxygen atoms in total. The van der Waals surface area contributed by atoms with E-state index in [2.05, 4.69) is 27.6 Å². The molecule has 0 spiro atoms. The molecule has 1 unspecified atom stereocenters. The molecule has 1 fully saturated rings. The minimum Gasteiger partial charge on any atom is -0.398 e. The lowest BCUT2D eigenvalue weighted by molar-refractivity contribution is 0.492. The van der Waals surface area contributed by atoms with E-state index in [0.29, 0.717) is 18.4 Å². The first-order valence-electron chi connectivity index (χ1n) is 5.95. The van der Waals surface area contributed by atoms with Gasteiger partial charge >= 0.3 is 0 Å². The smallest absolute Gasteiger partial charge is 0.242 e. The molecule has 1 aliphatic carbocycles. The third-order valence-corrected chi connectivity index (χ3v) is 5.27. The van der Waals surface area contributed by atoms with Crippen LogP contribution in [0.1, 0.15) is 19.8 Å². The molecule has 0 amide bonds. The Kier molecular flexibility index (Phi) is 3.99. The molecule has 0 bridgehead atoms. The molecule has 0 radical (unpaired) electrons. The molecule has 1 aromatic rings. The molecule has 18 heavy (non-hydrogen) atoms. The highest BCUT2D eigenvalue weighted by Gasteiger charge is 2.29. The van der Waals surface area contributed by atoms with Gasteiger partial charge < -0.3 is 5.73 Å². The maximum atomic E-state index is 12.1. The van der Waals surface area contributed by atoms with E-state index in [4.69, 9.17) is 5.73 Å². The van der Waals surface area contributed by atoms with Gasteiger partial charge in [0.2, 0.25) is 10.0 Å². The van der Waals surface area contributed by atoms with Gasteiger partial charge in [0.25, 0.3) is 0 Å². The number of nitrogens with two attached hydrogens (primary N) is 1. The topological polar surface area (TPSA) is 72.2 Å². The van der Waals surface area contributed by atoms with Gasteiger partial charge in [0, 0.05) is 11.0 Å². The molecule has 1 atom stereocenters. The van der Waals surface area contributed by atoms with Crippen LogP contribution in [0, 0.1) is 11.8 Å². The third kappa shape index (κ3) is 3.24. The molecule has 100 valence electrons. The first-order chi connectivity index (χ1) is 8.40. The first kappa shape index (κ1) is 13.8. The zero-order chi connectivity index (χ0) is 13.3. The third-order valence-electron chi connectivity index (χ3n) is 3.28. The van der Waals surface area contributed by atoms with E-state index in [-0.39, 0.29) is 10.6 Å². The fourth-order valence-electron chi connectivity index (χ4n) is 1.91. The number of hydrogen-bond acceptors (Lipinski definition) is 3. The SMILES string of the molecule is CC(CNS(=O)(=O)c1ccc(Br)cc1N)C1CC1. The fraction of sp³-hybridized carbons (Fsp3) is 0.500. The highest BCUT2D eigenvalue weighted by atomic mass is 79.9. The summed E-state index contributed by atoms with van der Waals surface area (Å²) in [6.45, 7) is 2.55. The van der Waals surface area contributed by atoms with Crippen LogP contribution in [0.15, 0.2) is 27.6 Å². The van der Waals surface area contributed by atoms with Crippen LogP contribution >= 0.6 is 15.9 Å². The summed E-state index contributed by atoms with van der Waals surface area (Å²) in [7, 11) is -3.50. The molecular formula is C12H17BrN2O2S. The van der Waals surface area contributed by atoms with Crippen molar-refractivity contribution in [3.63, 3.8) is 0 Å². The Bertz CT molecular complexity index is 541. The van der Waals surface area contributed by atoms with E-state index < -0.39 is 10.0 Å². The van der Waals surface area contributed by atoms with E-state index >= 15 is 0 Å². The predicted molar refractivity (Wildman–Crippen MR) is 75.6 cm³/mol. The van der Waals surface area contributed by atoms with E-state index in [1.807, 2.05) is 0 Å². The number of nitrogen functional groups attached to an aromatic ring is 1. The molecule has 3 N–H and O–H groups in total. The molecular weight excluding hydrogens is 316 g/mol. The lowest BCUT2D eigenvalue weighted by atomic mass is 10.1. The van der Waals surface area contributed by atoms with E-state index in [1.165, 1.54) is 18.9 Å². The Balaban J connectivity index is 2.09. The second-order valence-corrected chi connectivity index (χ2v) is 7.50. The second-order valence-electron chi connectivity index (χ2n) is 4.85. The zero-order valence-electron chi connectivity index (χ0n) is 10.2. The Hall–Kier alpha value is -0.590. The van der Waals surface area contributed by atoms with Gasteiger partial charge in [-0.05, 0) is 42.9 Å². The zero-order valence-corrected chi connectivity index (χ0v) is 12.6. The molecule has 0 aromatic heterocycles. The van der Waals surface area contributed by atoms with Gasteiger partial charge in [0.1, 0.15) is 4.90 Å². The van der Waals surface area contributed by atoms with E-state index in [1.54, 1.807) is 12.1 Å². The van der Waals surface area contributed by atoms with Crippen molar-refractivity contribution in [2.45, 2.75) is 24.7 Å². The minimum atomic E-state index is -3.50. The van der Waals surface area contributed by atoms with E-state index in [9.17, 15) is 8.42 Å². The van der Waals surface area contributed by atoms with Crippen LogP contribution in [0.2, 0.25) is 0 Å².